The van der Waals surface area contributed by atoms with Crippen LogP contribution in [-0.4, -0.2) is 62.6 Å². The minimum Gasteiger partial charge on any atom is -0.354 e. The molecule has 7 heteroatoms. The molecule has 174 valence electrons. The molecule has 0 radical (unpaired) electrons. The molecule has 0 unspecified atom stereocenters. The Kier molecular flexibility index (Phi) is 8.11. The van der Waals surface area contributed by atoms with Gasteiger partial charge in [-0.05, 0) is 11.6 Å². The molecule has 4 rings (SSSR count). The van der Waals surface area contributed by atoms with Gasteiger partial charge >= 0.3 is 0 Å². The summed E-state index contributed by atoms with van der Waals surface area (Å²) in [5, 5.41) is 4.39. The van der Waals surface area contributed by atoms with Gasteiger partial charge in [-0.2, -0.15) is 0 Å². The van der Waals surface area contributed by atoms with Crippen molar-refractivity contribution in [3.8, 4) is 0 Å². The predicted molar refractivity (Wildman–Crippen MR) is 128 cm³/mol. The van der Waals surface area contributed by atoms with Crippen LogP contribution in [0, 0.1) is 0 Å². The minimum absolute atomic E-state index is 0.0252. The first-order chi connectivity index (χ1) is 16.2. The average molecular weight is 450 g/mol. The summed E-state index contributed by atoms with van der Waals surface area (Å²) < 4.78 is 0. The molecule has 0 saturated carbocycles. The van der Waals surface area contributed by atoms with Crippen LogP contribution in [0.15, 0.2) is 66.7 Å². The summed E-state index contributed by atoms with van der Waals surface area (Å²) in [6.07, 6.45) is 3.12. The van der Waals surface area contributed by atoms with E-state index in [4.69, 9.17) is 0 Å². The Morgan fingerprint density at radius 3 is 2.33 bits per heavy atom. The lowest BCUT2D eigenvalue weighted by Crippen LogP contribution is -3.27. The number of amides is 2. The summed E-state index contributed by atoms with van der Waals surface area (Å²) in [6, 6.07) is 20.5. The molecule has 0 bridgehead atoms. The van der Waals surface area contributed by atoms with Gasteiger partial charge in [-0.3, -0.25) is 15.0 Å². The van der Waals surface area contributed by atoms with Gasteiger partial charge in [0.1, 0.15) is 39.3 Å². The Bertz CT molecular complexity index is 940. The highest BCUT2D eigenvalue weighted by Gasteiger charge is 2.24. The Morgan fingerprint density at radius 2 is 1.61 bits per heavy atom. The third kappa shape index (κ3) is 6.91. The van der Waals surface area contributed by atoms with Crippen LogP contribution in [0.4, 0.5) is 0 Å². The maximum Gasteiger partial charge on any atom is 0.245 e. The van der Waals surface area contributed by atoms with Gasteiger partial charge in [0.2, 0.25) is 11.8 Å². The Balaban J connectivity index is 1.11. The SMILES string of the molecule is O=C(CN1NC(c2ccccc2)=CCC1=O)NCCC[NH+]1CC[NH+](Cc2ccccc2)CC1. The van der Waals surface area contributed by atoms with Crippen molar-refractivity contribution in [1.82, 2.24) is 15.8 Å². The van der Waals surface area contributed by atoms with Crippen LogP contribution in [0.2, 0.25) is 0 Å². The zero-order valence-electron chi connectivity index (χ0n) is 19.2. The van der Waals surface area contributed by atoms with Crippen molar-refractivity contribution in [2.24, 2.45) is 0 Å². The van der Waals surface area contributed by atoms with E-state index in [9.17, 15) is 9.59 Å². The second-order valence-electron chi connectivity index (χ2n) is 8.90. The molecule has 0 spiro atoms. The number of carbonyl (C=O) groups is 2. The van der Waals surface area contributed by atoms with Crippen molar-refractivity contribution in [1.29, 1.82) is 0 Å². The van der Waals surface area contributed by atoms with Crippen molar-refractivity contribution in [2.45, 2.75) is 19.4 Å². The molecule has 2 amide bonds. The molecule has 2 heterocycles. The maximum atomic E-state index is 12.4. The fourth-order valence-electron chi connectivity index (χ4n) is 4.51. The normalized spacial score (nSPS) is 20.7. The molecule has 2 aromatic carbocycles. The van der Waals surface area contributed by atoms with E-state index in [0.29, 0.717) is 13.0 Å². The van der Waals surface area contributed by atoms with Crippen LogP contribution in [0.25, 0.3) is 5.70 Å². The molecule has 2 aliphatic heterocycles. The molecule has 0 atom stereocenters. The number of hydrogen-bond acceptors (Lipinski definition) is 3. The van der Waals surface area contributed by atoms with Crippen molar-refractivity contribution >= 4 is 17.5 Å². The highest BCUT2D eigenvalue weighted by atomic mass is 16.2. The number of hydrazine groups is 1. The molecule has 7 nitrogen and oxygen atoms in total. The van der Waals surface area contributed by atoms with Crippen LogP contribution in [-0.2, 0) is 16.1 Å². The van der Waals surface area contributed by atoms with E-state index in [-0.39, 0.29) is 18.4 Å². The maximum absolute atomic E-state index is 12.4. The van der Waals surface area contributed by atoms with Crippen LogP contribution < -0.4 is 20.5 Å². The summed E-state index contributed by atoms with van der Waals surface area (Å²) in [7, 11) is 0. The number of piperazine rings is 1. The number of nitrogens with zero attached hydrogens (tertiary/aromatic N) is 1. The van der Waals surface area contributed by atoms with Crippen LogP contribution in [0.1, 0.15) is 24.0 Å². The molecule has 4 N–H and O–H groups in total. The van der Waals surface area contributed by atoms with Crippen molar-refractivity contribution in [3.05, 3.63) is 77.9 Å². The van der Waals surface area contributed by atoms with E-state index >= 15 is 0 Å². The van der Waals surface area contributed by atoms with Gasteiger partial charge in [0.25, 0.3) is 0 Å². The standard InChI is InChI=1S/C26H33N5O2/c32-25(21-31-26(33)13-12-24(28-31)23-10-5-2-6-11-23)27-14-7-15-29-16-18-30(19-17-29)20-22-8-3-1-4-9-22/h1-6,8-12,28H,7,13-21H2,(H,27,32)/p+2. The van der Waals surface area contributed by atoms with E-state index in [1.807, 2.05) is 36.4 Å². The lowest BCUT2D eigenvalue weighted by atomic mass is 10.1. The van der Waals surface area contributed by atoms with Crippen LogP contribution in [0.5, 0.6) is 0 Å². The quantitative estimate of drug-likeness (QED) is 0.381. The topological polar surface area (TPSA) is 70.3 Å². The molecule has 2 aromatic rings. The number of nitrogens with one attached hydrogen (secondary N) is 4. The summed E-state index contributed by atoms with van der Waals surface area (Å²) >= 11 is 0. The van der Waals surface area contributed by atoms with Gasteiger partial charge < -0.3 is 15.1 Å². The van der Waals surface area contributed by atoms with Gasteiger partial charge in [0, 0.05) is 24.9 Å². The van der Waals surface area contributed by atoms with E-state index in [1.54, 1.807) is 9.80 Å². The lowest BCUT2D eigenvalue weighted by molar-refractivity contribution is -1.02. The summed E-state index contributed by atoms with van der Waals surface area (Å²) in [6.45, 7) is 7.58. The summed E-state index contributed by atoms with van der Waals surface area (Å²) in [4.78, 5) is 27.9. The molecule has 1 saturated heterocycles. The minimum atomic E-state index is -0.128. The predicted octanol–water partition coefficient (Wildman–Crippen LogP) is -0.746. The third-order valence-electron chi connectivity index (χ3n) is 6.41. The lowest BCUT2D eigenvalue weighted by Gasteiger charge is -2.30. The zero-order valence-corrected chi connectivity index (χ0v) is 19.2. The van der Waals surface area contributed by atoms with Crippen LogP contribution >= 0.6 is 0 Å². The van der Waals surface area contributed by atoms with E-state index in [2.05, 4.69) is 41.1 Å². The van der Waals surface area contributed by atoms with E-state index < -0.39 is 0 Å². The molecule has 0 aromatic heterocycles. The van der Waals surface area contributed by atoms with E-state index in [0.717, 1.165) is 30.8 Å². The molecule has 33 heavy (non-hydrogen) atoms. The second-order valence-corrected chi connectivity index (χ2v) is 8.90. The van der Waals surface area contributed by atoms with Crippen molar-refractivity contribution < 1.29 is 19.4 Å². The first-order valence-corrected chi connectivity index (χ1v) is 12.0. The van der Waals surface area contributed by atoms with Crippen molar-refractivity contribution in [3.63, 3.8) is 0 Å². The number of hydrogen-bond donors (Lipinski definition) is 4. The van der Waals surface area contributed by atoms with Gasteiger partial charge in [0.05, 0.1) is 12.2 Å². The second kappa shape index (κ2) is 11.6. The first kappa shape index (κ1) is 23.0. The fraction of sp³-hybridized carbons (Fsp3) is 0.385. The van der Waals surface area contributed by atoms with Gasteiger partial charge in [-0.15, -0.1) is 0 Å². The average Bonchev–Trinajstić information content (AvgIpc) is 2.85. The number of rotatable bonds is 9. The summed E-state index contributed by atoms with van der Waals surface area (Å²) in [5.74, 6) is -0.220. The van der Waals surface area contributed by atoms with Gasteiger partial charge in [-0.1, -0.05) is 60.7 Å². The molecular weight excluding hydrogens is 414 g/mol. The monoisotopic (exact) mass is 449 g/mol. The Labute approximate surface area is 196 Å². The van der Waals surface area contributed by atoms with Crippen LogP contribution in [0.3, 0.4) is 0 Å². The van der Waals surface area contributed by atoms with Gasteiger partial charge in [-0.25, -0.2) is 5.01 Å². The highest BCUT2D eigenvalue weighted by Crippen LogP contribution is 2.16. The largest absolute Gasteiger partial charge is 0.354 e. The third-order valence-corrected chi connectivity index (χ3v) is 6.41. The van der Waals surface area contributed by atoms with Gasteiger partial charge in [0.15, 0.2) is 0 Å². The highest BCUT2D eigenvalue weighted by molar-refractivity contribution is 5.88. The Morgan fingerprint density at radius 1 is 0.939 bits per heavy atom. The fourth-order valence-corrected chi connectivity index (χ4v) is 4.51. The number of benzene rings is 2. The molecule has 0 aliphatic carbocycles. The molecule has 1 fully saturated rings. The van der Waals surface area contributed by atoms with E-state index in [1.165, 1.54) is 36.8 Å². The van der Waals surface area contributed by atoms with Crippen molar-refractivity contribution in [2.75, 3.05) is 45.8 Å². The Hall–Kier alpha value is -3.16. The molecule has 2 aliphatic rings. The smallest absolute Gasteiger partial charge is 0.245 e. The summed E-state index contributed by atoms with van der Waals surface area (Å²) in [5.41, 5.74) is 6.37. The number of carbonyl (C=O) groups excluding carboxylic acids is 2. The number of quaternary nitrogens is 2. The first-order valence-electron chi connectivity index (χ1n) is 12.0. The zero-order chi connectivity index (χ0) is 22.9. The molecular formula is C26H35N5O2+2.